The Balaban J connectivity index is 0.000000545. The predicted octanol–water partition coefficient (Wildman–Crippen LogP) is 13.2. The predicted molar refractivity (Wildman–Crippen MR) is 590 cm³/mol. The van der Waals surface area contributed by atoms with Crippen molar-refractivity contribution in [2.75, 3.05) is 45.6 Å². The fourth-order valence-electron chi connectivity index (χ4n) is 11.5. The number of hydrogen-bond acceptors (Lipinski definition) is 31. The summed E-state index contributed by atoms with van der Waals surface area (Å²) < 4.78 is 21.8. The molecule has 0 aliphatic carbocycles. The molecule has 9 aromatic heterocycles. The number of terminal acetylenes is 2. The average molecular weight is 2310 g/mol. The second-order valence-electron chi connectivity index (χ2n) is 32.9. The van der Waals surface area contributed by atoms with Crippen molar-refractivity contribution in [3.05, 3.63) is 286 Å². The van der Waals surface area contributed by atoms with E-state index in [1.807, 2.05) is 223 Å². The van der Waals surface area contributed by atoms with E-state index in [4.69, 9.17) is 86.7 Å². The lowest BCUT2D eigenvalue weighted by atomic mass is 10.0. The number of hydrogen-bond donors (Lipinski definition) is 14. The number of anilines is 6. The molecule has 0 radical (unpaired) electrons. The van der Waals surface area contributed by atoms with Crippen LogP contribution < -0.4 is 98.3 Å². The summed E-state index contributed by atoms with van der Waals surface area (Å²) in [4.78, 5) is 101. The van der Waals surface area contributed by atoms with Gasteiger partial charge in [-0.05, 0) is 238 Å². The molecule has 45 heteroatoms. The Hall–Kier alpha value is -12.8. The largest absolute Gasteiger partial charge is 1.00 e. The van der Waals surface area contributed by atoms with Gasteiger partial charge in [0.1, 0.15) is 55.3 Å². The quantitative estimate of drug-likeness (QED) is 0.00846. The lowest BCUT2D eigenvalue weighted by Crippen LogP contribution is -3.00. The summed E-state index contributed by atoms with van der Waals surface area (Å²) in [5, 5.41) is 35.3. The highest BCUT2D eigenvalue weighted by molar-refractivity contribution is 14.1. The summed E-state index contributed by atoms with van der Waals surface area (Å²) >= 11 is 23.1. The standard InChI is InChI=1S/C20H21N7O.C14H17N3Si.C11H9N3.C9H8ClN3.C9H9N3O.C9H14N2O.C9H7NO3.C7H9N.C5H10Si.C2H6N2S.CH3I.CO2.Cl3OP.HI.H3N/c1-12-6-4-8-14-17(12)23-19(21)24-18(14)15-11-27(26-25-15)10-13-7-5-9-16(22-13)20(2,3)28;1-10-6-5-7-11-12(8-9-18(2,3)4)16-14(15)17-13(10)11;1-3-9-8-6-4-5-7(2)10(8)14-11(12)13-9;1-5-3-2-4-6-7(5)12-9(11)13-8(6)10;1-5-3-2-4-6-7(5)11-9(10)12-8(6)13;1-9(2,12)8-5-3-4-7(6-10)11-8;1-5-3-2-4-6-7(5)10-9(12)13-8(6)11;1-6-4-2-3-5-7(6)8;1-5-6(2,3)4;1-5-2(3)4;1-2;2-1-3;1-5(2,3)4;;/h4-9,11,28H,10H2,1-3H3,(H2,21,23,24);5-7H,1-4H3,(H2,15,16,17);1,4-6H,2H3,(H2,12,13,14);2-4H,1H3,(H2,11,12,13);2-4H,1H3,(H3,10,11,12,13);3-5,12H,6,10H2,1-2H3;2-4H,1H3,(H,10,12);2-5H,8H2,1H3;1H,2-4H3;1H3,(H3,3,4);1H3;;;1H;1H3/i;;;;;;;;;;1D;;;;. The maximum atomic E-state index is 11.4. The van der Waals surface area contributed by atoms with Gasteiger partial charge in [-0.25, -0.2) is 59.1 Å². The Morgan fingerprint density at radius 1 is 0.556 bits per heavy atom. The number of fused-ring (bicyclic) bond motifs is 6. The fraction of sp³-hybridized carbons (Fsp3) is 0.237. The van der Waals surface area contributed by atoms with Crippen LogP contribution in [0.25, 0.3) is 76.8 Å². The monoisotopic (exact) mass is 2300 g/mol. The molecule has 16 rings (SSSR count). The summed E-state index contributed by atoms with van der Waals surface area (Å²) in [7, 11) is -2.52. The molecule has 0 fully saturated rings. The van der Waals surface area contributed by atoms with Crippen LogP contribution in [0.1, 0.15) is 102 Å². The van der Waals surface area contributed by atoms with Crippen molar-refractivity contribution in [1.82, 2.24) is 85.9 Å². The van der Waals surface area contributed by atoms with Crippen LogP contribution in [0.3, 0.4) is 0 Å². The zero-order chi connectivity index (χ0) is 106. The minimum Gasteiger partial charge on any atom is -1.00 e. The van der Waals surface area contributed by atoms with Gasteiger partial charge in [-0.3, -0.25) is 40.4 Å². The maximum absolute atomic E-state index is 11.4. The first kappa shape index (κ1) is 123. The van der Waals surface area contributed by atoms with Crippen molar-refractivity contribution >= 4 is 213 Å². The molecule has 16 aromatic rings. The van der Waals surface area contributed by atoms with Crippen LogP contribution in [0, 0.1) is 84.2 Å². The number of nitrogens with one attached hydrogen (secondary N) is 2. The van der Waals surface area contributed by atoms with Gasteiger partial charge in [-0.2, -0.15) is 9.59 Å². The van der Waals surface area contributed by atoms with Gasteiger partial charge in [0.2, 0.25) is 29.7 Å². The maximum Gasteiger partial charge on any atom is 0.419 e. The van der Waals surface area contributed by atoms with Crippen LogP contribution in [-0.2, 0) is 38.4 Å². The topological polar surface area (TPSA) is 629 Å². The highest BCUT2D eigenvalue weighted by Crippen LogP contribution is 2.61. The number of benzene rings is 7. The molecule has 0 aliphatic rings. The zero-order valence-electron chi connectivity index (χ0n) is 82.6. The molecule has 0 saturated carbocycles. The number of H-pyrrole nitrogens is 2. The Bertz CT molecular complexity index is 7420. The number of aliphatic hydroxyl groups is 2. The Morgan fingerprint density at radius 3 is 1.36 bits per heavy atom. The van der Waals surface area contributed by atoms with Crippen LogP contribution in [0.15, 0.2) is 195 Å². The first-order valence-corrected chi connectivity index (χ1v) is 56.4. The number of aromatic amines is 2. The third-order valence-corrected chi connectivity index (χ3v) is 20.8. The Kier molecular flexibility index (Phi) is 51.4. The van der Waals surface area contributed by atoms with E-state index in [2.05, 4.69) is 175 Å². The van der Waals surface area contributed by atoms with E-state index in [9.17, 15) is 29.2 Å². The van der Waals surface area contributed by atoms with Gasteiger partial charge in [0.25, 0.3) is 10.7 Å². The van der Waals surface area contributed by atoms with Crippen molar-refractivity contribution in [1.29, 1.82) is 0 Å². The molecular formula is C97H117Cl4I2N26O9PSSi2. The van der Waals surface area contributed by atoms with Crippen LogP contribution in [0.2, 0.25) is 44.4 Å². The minimum atomic E-state index is -3.22. The molecule has 0 bridgehead atoms. The van der Waals surface area contributed by atoms with E-state index in [0.717, 1.165) is 105 Å². The molecule has 0 unspecified atom stereocenters. The lowest BCUT2D eigenvalue weighted by molar-refractivity contribution is -0.191. The summed E-state index contributed by atoms with van der Waals surface area (Å²) in [6.45, 7) is 34.4. The van der Waals surface area contributed by atoms with Gasteiger partial charge in [-0.15, -0.1) is 29.0 Å². The van der Waals surface area contributed by atoms with Gasteiger partial charge in [0.15, 0.2) is 0 Å². The first-order valence-electron chi connectivity index (χ1n) is 42.5. The second-order valence-corrected chi connectivity index (χ2v) is 50.3. The van der Waals surface area contributed by atoms with E-state index < -0.39 is 43.9 Å². The number of nitrogen functional groups attached to an aromatic ring is 6. The molecule has 9 heterocycles. The number of nitrogens with zero attached hydrogens (tertiary/aromatic N) is 14. The number of halogens is 6. The molecule has 0 spiro atoms. The van der Waals surface area contributed by atoms with Crippen molar-refractivity contribution < 1.29 is 59.5 Å². The molecular weight excluding hydrogens is 2190 g/mol. The normalized spacial score (nSPS) is 10.4. The third kappa shape index (κ3) is 42.6. The number of rotatable bonds is 6. The van der Waals surface area contributed by atoms with Crippen molar-refractivity contribution in [3.63, 3.8) is 0 Å². The van der Waals surface area contributed by atoms with Crippen LogP contribution in [0.4, 0.5) is 35.4 Å². The van der Waals surface area contributed by atoms with Gasteiger partial charge in [0, 0.05) is 35.1 Å². The molecule has 35 nitrogen and oxygen atoms in total. The number of thioether (sulfide) groups is 1. The van der Waals surface area contributed by atoms with Crippen LogP contribution in [0.5, 0.6) is 0 Å². The number of para-hydroxylation sites is 7. The third-order valence-electron chi connectivity index (χ3n) is 18.3. The number of nitrogens with two attached hydrogens (primary N) is 9. The second kappa shape index (κ2) is 59.2. The molecule has 0 aliphatic heterocycles. The van der Waals surface area contributed by atoms with Crippen molar-refractivity contribution in [3.8, 4) is 47.2 Å². The fourth-order valence-corrected chi connectivity index (χ4v) is 12.3. The number of aromatic nitrogens is 16. The zero-order valence-corrected chi connectivity index (χ0v) is 92.6. The average Bonchev–Trinajstić information content (AvgIpc) is 1.69. The Morgan fingerprint density at radius 2 is 0.930 bits per heavy atom. The number of carbonyl (C=O) groups excluding carboxylic acids is 2. The number of alkyl halides is 1. The van der Waals surface area contributed by atoms with Crippen molar-refractivity contribution in [2.45, 2.75) is 140 Å². The Labute approximate surface area is 880 Å². The first-order chi connectivity index (χ1) is 65.9. The van der Waals surface area contributed by atoms with E-state index in [1.54, 1.807) is 62.7 Å². The number of aryl methyl sites for hydroxylation is 7. The SMILES string of the molecule is C#C[Si](C)(C)C.C#Cc1nc(N)nc2c(C)cccc12.CC(C)(O)c1cccc(CN)n1.CSC(N)=[NH2+].Cc1cccc2c(-c3cn(Cc4cccc(C(C)(C)O)n4)nn3)nc(N)nc12.Cc1cccc2c(=O)[nH]c(N)nc12.Cc1cccc2c(=O)oc(=O)[nH]c12.Cc1cccc2c(C#C[Si](C)(C)C)nc(N)nc12.Cc1cccc2c(Cl)nc(N)nc12.Cc1ccccc1N.N.O=C=O.O=P(Cl)(Cl)Cl.[2H]CI.[I-]. The van der Waals surface area contributed by atoms with Gasteiger partial charge in [-0.1, -0.05) is 194 Å². The van der Waals surface area contributed by atoms with Gasteiger partial charge >= 0.3 is 22.7 Å². The van der Waals surface area contributed by atoms with E-state index in [0.29, 0.717) is 78.6 Å². The van der Waals surface area contributed by atoms with Gasteiger partial charge < -0.3 is 84.9 Å². The van der Waals surface area contributed by atoms with Crippen LogP contribution >= 0.6 is 84.9 Å². The molecule has 0 atom stereocenters. The molecule has 750 valence electrons. The smallest absolute Gasteiger partial charge is 0.419 e. The van der Waals surface area contributed by atoms with Gasteiger partial charge in [0.05, 0.1) is 79.4 Å². The molecule has 25 N–H and O–H groups in total. The summed E-state index contributed by atoms with van der Waals surface area (Å²) in [6, 6.07) is 52.9. The highest BCUT2D eigenvalue weighted by Gasteiger charge is 2.21. The minimum absolute atomic E-state index is 0. The van der Waals surface area contributed by atoms with E-state index in [-0.39, 0.29) is 71.6 Å². The van der Waals surface area contributed by atoms with E-state index in [1.165, 1.54) is 11.8 Å². The number of pyridine rings is 2. The summed E-state index contributed by atoms with van der Waals surface area (Å²) in [5.41, 5.74) is 65.4. The van der Waals surface area contributed by atoms with Crippen LogP contribution in [-0.4, -0.2) is 129 Å². The summed E-state index contributed by atoms with van der Waals surface area (Å²) in [5.74, 6) is 6.05. The molecule has 0 amide bonds. The highest BCUT2D eigenvalue weighted by atomic mass is 127. The van der Waals surface area contributed by atoms with E-state index >= 15 is 0 Å². The molecule has 7 aromatic carbocycles. The molecule has 0 saturated heterocycles. The molecule has 142 heavy (non-hydrogen) atoms. The lowest BCUT2D eigenvalue weighted by Gasteiger charge is -2.17. The number of amidine groups is 1. The van der Waals surface area contributed by atoms with Crippen molar-refractivity contribution in [2.24, 2.45) is 11.5 Å². The summed E-state index contributed by atoms with van der Waals surface area (Å²) in [6.07, 6.45) is 14.3.